The fourth-order valence-electron chi connectivity index (χ4n) is 1.98. The lowest BCUT2D eigenvalue weighted by atomic mass is 10.2. The molecule has 0 saturated heterocycles. The van der Waals surface area contributed by atoms with Gasteiger partial charge in [-0.3, -0.25) is 15.0 Å². The van der Waals surface area contributed by atoms with Gasteiger partial charge in [0, 0.05) is 18.3 Å². The number of hydrogen-bond acceptors (Lipinski definition) is 4. The molecule has 0 unspecified atom stereocenters. The minimum atomic E-state index is -0.547. The predicted octanol–water partition coefficient (Wildman–Crippen LogP) is 4.78. The Balaban J connectivity index is 2.12. The highest BCUT2D eigenvalue weighted by atomic mass is 32.1. The van der Waals surface area contributed by atoms with E-state index in [9.17, 15) is 9.59 Å². The van der Waals surface area contributed by atoms with Crippen molar-refractivity contribution in [2.24, 2.45) is 0 Å². The first-order valence-corrected chi connectivity index (χ1v) is 8.08. The number of rotatable bonds is 3. The third-order valence-corrected chi connectivity index (χ3v) is 3.67. The molecule has 6 heteroatoms. The van der Waals surface area contributed by atoms with E-state index in [1.165, 1.54) is 18.3 Å². The van der Waals surface area contributed by atoms with Crippen molar-refractivity contribution in [1.82, 2.24) is 0 Å². The van der Waals surface area contributed by atoms with Gasteiger partial charge in [-0.2, -0.15) is 0 Å². The molecular weight excluding hydrogens is 312 g/mol. The van der Waals surface area contributed by atoms with Crippen LogP contribution in [-0.2, 0) is 9.53 Å². The molecular formula is C17H20N2O3S. The summed E-state index contributed by atoms with van der Waals surface area (Å²) in [6.45, 7) is 6.94. The van der Waals surface area contributed by atoms with Gasteiger partial charge in [-0.1, -0.05) is 0 Å². The van der Waals surface area contributed by atoms with E-state index >= 15 is 0 Å². The van der Waals surface area contributed by atoms with Gasteiger partial charge >= 0.3 is 6.09 Å². The van der Waals surface area contributed by atoms with E-state index in [4.69, 9.17) is 4.74 Å². The molecule has 0 spiro atoms. The molecule has 0 aliphatic rings. The summed E-state index contributed by atoms with van der Waals surface area (Å²) in [7, 11) is 0. The van der Waals surface area contributed by atoms with Gasteiger partial charge in [-0.15, -0.1) is 11.3 Å². The smallest absolute Gasteiger partial charge is 0.412 e. The molecule has 1 aromatic carbocycles. The van der Waals surface area contributed by atoms with E-state index in [0.717, 1.165) is 10.7 Å². The summed E-state index contributed by atoms with van der Waals surface area (Å²) in [5, 5.41) is 5.44. The molecule has 1 N–H and O–H groups in total. The van der Waals surface area contributed by atoms with E-state index in [1.54, 1.807) is 49.9 Å². The van der Waals surface area contributed by atoms with Crippen molar-refractivity contribution in [3.05, 3.63) is 41.8 Å². The summed E-state index contributed by atoms with van der Waals surface area (Å²) in [5.41, 5.74) is 0.807. The van der Waals surface area contributed by atoms with Crippen molar-refractivity contribution in [2.45, 2.75) is 33.3 Å². The van der Waals surface area contributed by atoms with Crippen LogP contribution in [0.1, 0.15) is 27.7 Å². The Hall–Kier alpha value is -2.34. The molecule has 0 bridgehead atoms. The van der Waals surface area contributed by atoms with Crippen LogP contribution >= 0.6 is 11.3 Å². The Bertz CT molecular complexity index is 673. The SMILES string of the molecule is CC(=O)N(c1ccc(NC(=O)OC(C)(C)C)cc1)c1cccs1. The molecule has 23 heavy (non-hydrogen) atoms. The van der Waals surface area contributed by atoms with E-state index in [2.05, 4.69) is 5.32 Å². The van der Waals surface area contributed by atoms with Crippen LogP contribution in [0.25, 0.3) is 0 Å². The number of carbonyl (C=O) groups is 2. The normalized spacial score (nSPS) is 11.0. The maximum Gasteiger partial charge on any atom is 0.412 e. The molecule has 1 aromatic heterocycles. The second-order valence-corrected chi connectivity index (χ2v) is 6.91. The standard InChI is InChI=1S/C17H20N2O3S/c1-12(20)19(15-6-5-11-23-15)14-9-7-13(8-10-14)18-16(21)22-17(2,3)4/h5-11H,1-4H3,(H,18,21). The number of hydrogen-bond donors (Lipinski definition) is 1. The largest absolute Gasteiger partial charge is 0.444 e. The van der Waals surface area contributed by atoms with Crippen molar-refractivity contribution < 1.29 is 14.3 Å². The zero-order valence-electron chi connectivity index (χ0n) is 13.6. The second kappa shape index (κ2) is 6.83. The number of nitrogens with one attached hydrogen (secondary N) is 1. The molecule has 0 saturated carbocycles. The van der Waals surface area contributed by atoms with E-state index in [-0.39, 0.29) is 5.91 Å². The molecule has 1 heterocycles. The van der Waals surface area contributed by atoms with Gasteiger partial charge in [-0.05, 0) is 62.5 Å². The van der Waals surface area contributed by atoms with Gasteiger partial charge in [-0.25, -0.2) is 4.79 Å². The Morgan fingerprint density at radius 1 is 1.13 bits per heavy atom. The molecule has 0 aliphatic heterocycles. The first-order valence-electron chi connectivity index (χ1n) is 7.20. The second-order valence-electron chi connectivity index (χ2n) is 5.98. The minimum absolute atomic E-state index is 0.0692. The number of anilines is 3. The minimum Gasteiger partial charge on any atom is -0.444 e. The zero-order valence-corrected chi connectivity index (χ0v) is 14.4. The maximum atomic E-state index is 11.9. The molecule has 2 rings (SSSR count). The summed E-state index contributed by atoms with van der Waals surface area (Å²) >= 11 is 1.49. The fraction of sp³-hybridized carbons (Fsp3) is 0.294. The number of carbonyl (C=O) groups excluding carboxylic acids is 2. The number of benzene rings is 1. The molecule has 122 valence electrons. The summed E-state index contributed by atoms with van der Waals surface area (Å²) in [4.78, 5) is 25.3. The van der Waals surface area contributed by atoms with Gasteiger partial charge in [0.1, 0.15) is 10.6 Å². The Labute approximate surface area is 139 Å². The van der Waals surface area contributed by atoms with Crippen LogP contribution in [0.3, 0.4) is 0 Å². The van der Waals surface area contributed by atoms with Crippen molar-refractivity contribution in [1.29, 1.82) is 0 Å². The van der Waals surface area contributed by atoms with Crippen molar-refractivity contribution >= 4 is 39.7 Å². The Morgan fingerprint density at radius 3 is 2.26 bits per heavy atom. The van der Waals surface area contributed by atoms with Crippen molar-refractivity contribution in [3.8, 4) is 0 Å². The first kappa shape index (κ1) is 17.0. The van der Waals surface area contributed by atoms with Crippen molar-refractivity contribution in [3.63, 3.8) is 0 Å². The number of thiophene rings is 1. The molecule has 0 fully saturated rings. The third-order valence-electron chi connectivity index (χ3n) is 2.81. The Kier molecular flexibility index (Phi) is 5.05. The van der Waals surface area contributed by atoms with Gasteiger partial charge in [0.15, 0.2) is 0 Å². The van der Waals surface area contributed by atoms with Crippen LogP contribution < -0.4 is 10.2 Å². The van der Waals surface area contributed by atoms with E-state index in [0.29, 0.717) is 5.69 Å². The highest BCUT2D eigenvalue weighted by Gasteiger charge is 2.17. The molecule has 0 atom stereocenters. The lowest BCUT2D eigenvalue weighted by molar-refractivity contribution is -0.115. The highest BCUT2D eigenvalue weighted by Crippen LogP contribution is 2.30. The zero-order chi connectivity index (χ0) is 17.0. The monoisotopic (exact) mass is 332 g/mol. The lowest BCUT2D eigenvalue weighted by Gasteiger charge is -2.21. The number of ether oxygens (including phenoxy) is 1. The summed E-state index contributed by atoms with van der Waals surface area (Å²) < 4.78 is 5.20. The van der Waals surface area contributed by atoms with E-state index < -0.39 is 11.7 Å². The van der Waals surface area contributed by atoms with E-state index in [1.807, 2.05) is 17.5 Å². The molecule has 2 amide bonds. The van der Waals surface area contributed by atoms with Gasteiger partial charge in [0.2, 0.25) is 5.91 Å². The third kappa shape index (κ3) is 4.82. The predicted molar refractivity (Wildman–Crippen MR) is 93.4 cm³/mol. The maximum absolute atomic E-state index is 11.9. The molecule has 5 nitrogen and oxygen atoms in total. The van der Waals surface area contributed by atoms with Gasteiger partial charge < -0.3 is 4.74 Å². The van der Waals surface area contributed by atoms with Crippen LogP contribution in [0.15, 0.2) is 41.8 Å². The topological polar surface area (TPSA) is 58.6 Å². The fourth-order valence-corrected chi connectivity index (χ4v) is 2.77. The molecule has 2 aromatic rings. The van der Waals surface area contributed by atoms with Crippen LogP contribution in [0.2, 0.25) is 0 Å². The lowest BCUT2D eigenvalue weighted by Crippen LogP contribution is -2.27. The summed E-state index contributed by atoms with van der Waals surface area (Å²) in [6.07, 6.45) is -0.507. The number of amides is 2. The van der Waals surface area contributed by atoms with Crippen LogP contribution in [0.5, 0.6) is 0 Å². The first-order chi connectivity index (χ1) is 10.8. The molecule has 0 aliphatic carbocycles. The quantitative estimate of drug-likeness (QED) is 0.880. The van der Waals surface area contributed by atoms with Crippen LogP contribution in [0.4, 0.5) is 21.2 Å². The average Bonchev–Trinajstić information content (AvgIpc) is 2.92. The average molecular weight is 332 g/mol. The van der Waals surface area contributed by atoms with Crippen molar-refractivity contribution in [2.75, 3.05) is 10.2 Å². The summed E-state index contributed by atoms with van der Waals surface area (Å²) in [6, 6.07) is 10.8. The van der Waals surface area contributed by atoms with Gasteiger partial charge in [0.05, 0.1) is 0 Å². The van der Waals surface area contributed by atoms with Crippen LogP contribution in [-0.4, -0.2) is 17.6 Å². The van der Waals surface area contributed by atoms with Gasteiger partial charge in [0.25, 0.3) is 0 Å². The summed E-state index contributed by atoms with van der Waals surface area (Å²) in [5.74, 6) is -0.0692. The molecule has 0 radical (unpaired) electrons. The Morgan fingerprint density at radius 2 is 1.78 bits per heavy atom. The number of nitrogens with zero attached hydrogens (tertiary/aromatic N) is 1. The van der Waals surface area contributed by atoms with Crippen LogP contribution in [0, 0.1) is 0 Å². The highest BCUT2D eigenvalue weighted by molar-refractivity contribution is 7.14.